The number of hydrogen-bond acceptors (Lipinski definition) is 4. The summed E-state index contributed by atoms with van der Waals surface area (Å²) in [5.41, 5.74) is 7.39. The summed E-state index contributed by atoms with van der Waals surface area (Å²) in [7, 11) is 10.2. The van der Waals surface area contributed by atoms with Gasteiger partial charge in [0.1, 0.15) is 0 Å². The van der Waals surface area contributed by atoms with Gasteiger partial charge >= 0.3 is 0 Å². The zero-order chi connectivity index (χ0) is 28.6. The third-order valence-electron chi connectivity index (χ3n) is 6.61. The van der Waals surface area contributed by atoms with Crippen molar-refractivity contribution in [1.29, 1.82) is 0 Å². The van der Waals surface area contributed by atoms with Crippen molar-refractivity contribution in [2.75, 3.05) is 40.4 Å². The van der Waals surface area contributed by atoms with Gasteiger partial charge in [0.2, 0.25) is 0 Å². The molecule has 1 atom stereocenters. The number of rotatable bonds is 8. The first-order valence-corrected chi connectivity index (χ1v) is 16.0. The van der Waals surface area contributed by atoms with E-state index in [2.05, 4.69) is 136 Å². The standard InChI is InChI=1S/C31H52N3OPS/c1-29(2,3)24-18-25(30(4,5)6)27(26(19-24)31(7,8)9)32-36(37,35-14)28-22(20-33(10)11)16-15-17-23(28)21-34(12)13/h15-19H,20-21H2,1-14H3,(H,32,37)/t36-/m0/s1. The van der Waals surface area contributed by atoms with E-state index in [9.17, 15) is 0 Å². The van der Waals surface area contributed by atoms with Crippen LogP contribution >= 0.6 is 6.42 Å². The van der Waals surface area contributed by atoms with E-state index in [1.54, 1.807) is 7.11 Å². The van der Waals surface area contributed by atoms with Gasteiger partial charge in [-0.3, -0.25) is 0 Å². The Labute approximate surface area is 233 Å². The smallest absolute Gasteiger partial charge is 0.183 e. The van der Waals surface area contributed by atoms with E-state index in [1.165, 1.54) is 27.8 Å². The first-order chi connectivity index (χ1) is 16.7. The molecule has 0 bridgehead atoms. The Morgan fingerprint density at radius 3 is 1.46 bits per heavy atom. The highest BCUT2D eigenvalue weighted by Gasteiger charge is 2.34. The zero-order valence-corrected chi connectivity index (χ0v) is 27.7. The topological polar surface area (TPSA) is 27.7 Å². The molecule has 0 amide bonds. The third kappa shape index (κ3) is 7.90. The molecule has 0 radical (unpaired) electrons. The van der Waals surface area contributed by atoms with Gasteiger partial charge in [-0.15, -0.1) is 0 Å². The van der Waals surface area contributed by atoms with Gasteiger partial charge in [-0.05, 0) is 84.1 Å². The quantitative estimate of drug-likeness (QED) is 0.349. The number of nitrogens with one attached hydrogen (secondary N) is 1. The fourth-order valence-corrected chi connectivity index (χ4v) is 7.62. The first-order valence-electron chi connectivity index (χ1n) is 13.2. The summed E-state index contributed by atoms with van der Waals surface area (Å²) in [4.78, 5) is 4.40. The maximum Gasteiger partial charge on any atom is 0.183 e. The summed E-state index contributed by atoms with van der Waals surface area (Å²) in [6.45, 7) is 22.2. The molecule has 0 saturated heterocycles. The van der Waals surface area contributed by atoms with Crippen LogP contribution in [0, 0.1) is 0 Å². The van der Waals surface area contributed by atoms with Crippen molar-refractivity contribution in [2.24, 2.45) is 0 Å². The van der Waals surface area contributed by atoms with Crippen LogP contribution in [0.25, 0.3) is 0 Å². The van der Waals surface area contributed by atoms with Crippen molar-refractivity contribution in [3.63, 3.8) is 0 Å². The van der Waals surface area contributed by atoms with E-state index in [4.69, 9.17) is 16.3 Å². The number of benzene rings is 2. The molecule has 37 heavy (non-hydrogen) atoms. The molecule has 2 rings (SSSR count). The van der Waals surface area contributed by atoms with E-state index >= 15 is 0 Å². The summed E-state index contributed by atoms with van der Waals surface area (Å²) in [5, 5.41) is 5.09. The molecule has 2 aromatic carbocycles. The van der Waals surface area contributed by atoms with Crippen molar-refractivity contribution in [2.45, 2.75) is 91.6 Å². The van der Waals surface area contributed by atoms with Crippen molar-refractivity contribution in [3.05, 3.63) is 58.1 Å². The van der Waals surface area contributed by atoms with Crippen LogP contribution in [-0.4, -0.2) is 45.1 Å². The fraction of sp³-hybridized carbons (Fsp3) is 0.613. The van der Waals surface area contributed by atoms with Gasteiger partial charge in [0.25, 0.3) is 0 Å². The molecule has 6 heteroatoms. The van der Waals surface area contributed by atoms with Crippen LogP contribution in [0.2, 0.25) is 0 Å². The van der Waals surface area contributed by atoms with Crippen LogP contribution < -0.4 is 10.4 Å². The second kappa shape index (κ2) is 11.5. The average molecular weight is 546 g/mol. The van der Waals surface area contributed by atoms with Crippen LogP contribution in [-0.2, 0) is 45.7 Å². The van der Waals surface area contributed by atoms with Crippen molar-refractivity contribution >= 4 is 29.2 Å². The summed E-state index contributed by atoms with van der Waals surface area (Å²) < 4.78 is 6.38. The number of nitrogens with zero attached hydrogens (tertiary/aromatic N) is 2. The summed E-state index contributed by atoms with van der Waals surface area (Å²) in [6, 6.07) is 11.3. The molecule has 4 nitrogen and oxygen atoms in total. The molecule has 0 aromatic heterocycles. The molecule has 0 aliphatic carbocycles. The molecule has 0 fully saturated rings. The van der Waals surface area contributed by atoms with E-state index in [0.29, 0.717) is 0 Å². The Morgan fingerprint density at radius 1 is 0.757 bits per heavy atom. The van der Waals surface area contributed by atoms with E-state index in [1.807, 2.05) is 0 Å². The molecule has 0 aliphatic rings. The molecule has 0 saturated carbocycles. The van der Waals surface area contributed by atoms with Gasteiger partial charge in [0.05, 0.1) is 0 Å². The molecule has 0 heterocycles. The second-order valence-corrected chi connectivity index (χ2v) is 17.6. The lowest BCUT2D eigenvalue weighted by Crippen LogP contribution is -2.29. The average Bonchev–Trinajstić information content (AvgIpc) is 2.70. The molecule has 1 N–H and O–H groups in total. The monoisotopic (exact) mass is 545 g/mol. The third-order valence-corrected chi connectivity index (χ3v) is 10.1. The lowest BCUT2D eigenvalue weighted by molar-refractivity contribution is 0.397. The highest BCUT2D eigenvalue weighted by atomic mass is 32.4. The lowest BCUT2D eigenvalue weighted by Gasteiger charge is -2.37. The van der Waals surface area contributed by atoms with Gasteiger partial charge in [-0.2, -0.15) is 0 Å². The van der Waals surface area contributed by atoms with Crippen LogP contribution in [0.15, 0.2) is 30.3 Å². The van der Waals surface area contributed by atoms with Gasteiger partial charge < -0.3 is 19.4 Å². The highest BCUT2D eigenvalue weighted by molar-refractivity contribution is 8.16. The van der Waals surface area contributed by atoms with Crippen LogP contribution in [0.5, 0.6) is 0 Å². The lowest BCUT2D eigenvalue weighted by atomic mass is 9.74. The minimum Gasteiger partial charge on any atom is -0.334 e. The van der Waals surface area contributed by atoms with Crippen LogP contribution in [0.3, 0.4) is 0 Å². The van der Waals surface area contributed by atoms with E-state index in [-0.39, 0.29) is 16.2 Å². The molecular weight excluding hydrogens is 493 g/mol. The zero-order valence-electron chi connectivity index (χ0n) is 26.0. The highest BCUT2D eigenvalue weighted by Crippen LogP contribution is 2.52. The largest absolute Gasteiger partial charge is 0.334 e. The van der Waals surface area contributed by atoms with Crippen LogP contribution in [0.1, 0.15) is 90.1 Å². The van der Waals surface area contributed by atoms with Gasteiger partial charge in [0.15, 0.2) is 6.42 Å². The second-order valence-electron chi connectivity index (χ2n) is 13.9. The van der Waals surface area contributed by atoms with Gasteiger partial charge in [-0.1, -0.05) is 92.6 Å². The Balaban J connectivity index is 2.95. The minimum atomic E-state index is -2.68. The molecule has 0 aliphatic heterocycles. The predicted molar refractivity (Wildman–Crippen MR) is 168 cm³/mol. The van der Waals surface area contributed by atoms with Gasteiger partial charge in [0, 0.05) is 31.2 Å². The van der Waals surface area contributed by atoms with Crippen LogP contribution in [0.4, 0.5) is 5.69 Å². The molecule has 0 unspecified atom stereocenters. The molecular formula is C31H52N3OPS. The molecule has 2 aromatic rings. The Hall–Kier alpha value is -1.23. The number of anilines is 1. The summed E-state index contributed by atoms with van der Waals surface area (Å²) in [5.74, 6) is 0. The predicted octanol–water partition coefficient (Wildman–Crippen LogP) is 7.40. The fourth-order valence-electron chi connectivity index (χ4n) is 4.68. The molecule has 208 valence electrons. The normalized spacial score (nSPS) is 14.8. The summed E-state index contributed by atoms with van der Waals surface area (Å²) in [6.07, 6.45) is -2.68. The SMILES string of the molecule is CO[P@@](=S)(Nc1c(C(C)(C)C)cc(C(C)(C)C)cc1C(C)(C)C)c1c(CN(C)C)cccc1CN(C)C. The summed E-state index contributed by atoms with van der Waals surface area (Å²) >= 11 is 6.54. The minimum absolute atomic E-state index is 0.0389. The van der Waals surface area contributed by atoms with Gasteiger partial charge in [-0.25, -0.2) is 0 Å². The first kappa shape index (κ1) is 32.0. The van der Waals surface area contributed by atoms with Crippen molar-refractivity contribution in [1.82, 2.24) is 9.80 Å². The van der Waals surface area contributed by atoms with E-state index < -0.39 is 6.42 Å². The Bertz CT molecular complexity index is 1070. The molecule has 0 spiro atoms. The number of hydrogen-bond donors (Lipinski definition) is 1. The Kier molecular flexibility index (Phi) is 9.92. The van der Waals surface area contributed by atoms with E-state index in [0.717, 1.165) is 24.1 Å². The van der Waals surface area contributed by atoms with Crippen molar-refractivity contribution in [3.8, 4) is 0 Å². The maximum atomic E-state index is 6.54. The maximum absolute atomic E-state index is 6.54. The Morgan fingerprint density at radius 2 is 1.16 bits per heavy atom. The van der Waals surface area contributed by atoms with Crippen molar-refractivity contribution < 1.29 is 4.52 Å².